The van der Waals surface area contributed by atoms with Crippen LogP contribution in [0.3, 0.4) is 0 Å². The van der Waals surface area contributed by atoms with Crippen molar-refractivity contribution in [3.05, 3.63) is 0 Å². The van der Waals surface area contributed by atoms with Gasteiger partial charge in [-0.25, -0.2) is 4.79 Å². The number of likely N-dealkylation sites (tertiary alicyclic amines) is 1. The molecule has 18 heavy (non-hydrogen) atoms. The zero-order chi connectivity index (χ0) is 12.7. The summed E-state index contributed by atoms with van der Waals surface area (Å²) in [5.41, 5.74) is 0. The molecule has 5 heteroatoms. The van der Waals surface area contributed by atoms with Crippen LogP contribution < -0.4 is 0 Å². The van der Waals surface area contributed by atoms with Gasteiger partial charge >= 0.3 is 5.97 Å². The molecule has 5 nitrogen and oxygen atoms in total. The summed E-state index contributed by atoms with van der Waals surface area (Å²) in [6, 6.07) is -0.620. The molecule has 0 aromatic heterocycles. The molecular formula is C13H19NO4. The first-order chi connectivity index (χ1) is 8.66. The first kappa shape index (κ1) is 12.0. The second-order valence-corrected chi connectivity index (χ2v) is 5.60. The Morgan fingerprint density at radius 3 is 2.61 bits per heavy atom. The Kier molecular flexibility index (Phi) is 3.01. The Morgan fingerprint density at radius 2 is 2.00 bits per heavy atom. The molecular weight excluding hydrogens is 234 g/mol. The number of rotatable bonds is 2. The van der Waals surface area contributed by atoms with E-state index < -0.39 is 12.0 Å². The number of carbonyl (C=O) groups is 2. The molecule has 0 aromatic carbocycles. The molecule has 1 amide bonds. The van der Waals surface area contributed by atoms with Gasteiger partial charge in [0.25, 0.3) is 0 Å². The molecule has 0 radical (unpaired) electrons. The van der Waals surface area contributed by atoms with Crippen molar-refractivity contribution < 1.29 is 19.4 Å². The van der Waals surface area contributed by atoms with E-state index in [0.29, 0.717) is 13.0 Å². The first-order valence-electron chi connectivity index (χ1n) is 6.85. The van der Waals surface area contributed by atoms with Gasteiger partial charge in [0.15, 0.2) is 0 Å². The third-order valence-corrected chi connectivity index (χ3v) is 4.49. The highest BCUT2D eigenvalue weighted by Crippen LogP contribution is 2.40. The van der Waals surface area contributed by atoms with Crippen molar-refractivity contribution in [3.63, 3.8) is 0 Å². The lowest BCUT2D eigenvalue weighted by Crippen LogP contribution is -2.51. The normalized spacial score (nSPS) is 39.0. The molecule has 3 aliphatic rings. The lowest BCUT2D eigenvalue weighted by molar-refractivity contribution is -0.154. The van der Waals surface area contributed by atoms with Crippen molar-refractivity contribution in [2.45, 2.75) is 56.8 Å². The van der Waals surface area contributed by atoms with Crippen molar-refractivity contribution in [2.24, 2.45) is 5.92 Å². The smallest absolute Gasteiger partial charge is 0.326 e. The van der Waals surface area contributed by atoms with Crippen LogP contribution >= 0.6 is 0 Å². The van der Waals surface area contributed by atoms with Gasteiger partial charge in [0.2, 0.25) is 5.91 Å². The molecule has 0 saturated carbocycles. The van der Waals surface area contributed by atoms with Gasteiger partial charge in [-0.3, -0.25) is 4.79 Å². The number of aliphatic carboxylic acids is 1. The fourth-order valence-corrected chi connectivity index (χ4v) is 3.56. The van der Waals surface area contributed by atoms with Crippen LogP contribution in [0.5, 0.6) is 0 Å². The number of nitrogens with zero attached hydrogens (tertiary/aromatic N) is 1. The van der Waals surface area contributed by atoms with Gasteiger partial charge in [-0.2, -0.15) is 0 Å². The number of hydrogen-bond donors (Lipinski definition) is 1. The Hall–Kier alpha value is -1.10. The second kappa shape index (κ2) is 4.53. The van der Waals surface area contributed by atoms with E-state index in [-0.39, 0.29) is 24.0 Å². The molecule has 2 bridgehead atoms. The lowest BCUT2D eigenvalue weighted by atomic mass is 9.87. The van der Waals surface area contributed by atoms with Crippen LogP contribution in [0.2, 0.25) is 0 Å². The van der Waals surface area contributed by atoms with Crippen LogP contribution in [0.25, 0.3) is 0 Å². The molecule has 1 N–H and O–H groups in total. The van der Waals surface area contributed by atoms with Crippen LogP contribution in [0.15, 0.2) is 0 Å². The number of carboxylic acid groups (broad SMARTS) is 1. The predicted octanol–water partition coefficient (Wildman–Crippen LogP) is 1.02. The van der Waals surface area contributed by atoms with E-state index in [0.717, 1.165) is 32.1 Å². The molecule has 100 valence electrons. The maximum Gasteiger partial charge on any atom is 0.326 e. The second-order valence-electron chi connectivity index (χ2n) is 5.60. The van der Waals surface area contributed by atoms with E-state index in [1.807, 2.05) is 0 Å². The summed E-state index contributed by atoms with van der Waals surface area (Å²) in [4.78, 5) is 25.3. The van der Waals surface area contributed by atoms with E-state index in [4.69, 9.17) is 4.74 Å². The minimum atomic E-state index is -0.868. The number of hydrogen-bond acceptors (Lipinski definition) is 3. The highest BCUT2D eigenvalue weighted by atomic mass is 16.5. The van der Waals surface area contributed by atoms with Gasteiger partial charge in [-0.1, -0.05) is 0 Å². The van der Waals surface area contributed by atoms with Crippen LogP contribution in [-0.2, 0) is 14.3 Å². The van der Waals surface area contributed by atoms with Crippen LogP contribution in [0.1, 0.15) is 38.5 Å². The van der Waals surface area contributed by atoms with Crippen molar-refractivity contribution in [1.82, 2.24) is 4.90 Å². The molecule has 0 aromatic rings. The summed E-state index contributed by atoms with van der Waals surface area (Å²) in [6.07, 6.45) is 5.46. The number of carboxylic acids is 1. The number of fused-ring (bicyclic) bond motifs is 2. The largest absolute Gasteiger partial charge is 0.480 e. The van der Waals surface area contributed by atoms with Gasteiger partial charge in [0.05, 0.1) is 18.1 Å². The molecule has 4 atom stereocenters. The molecule has 0 spiro atoms. The number of carbonyl (C=O) groups excluding carboxylic acids is 1. The quantitative estimate of drug-likeness (QED) is 0.798. The van der Waals surface area contributed by atoms with Crippen molar-refractivity contribution in [3.8, 4) is 0 Å². The minimum Gasteiger partial charge on any atom is -0.480 e. The number of amides is 1. The Bertz CT molecular complexity index is 370. The summed E-state index contributed by atoms with van der Waals surface area (Å²) in [6.45, 7) is 0.587. The van der Waals surface area contributed by atoms with Gasteiger partial charge in [-0.05, 0) is 38.5 Å². The summed E-state index contributed by atoms with van der Waals surface area (Å²) in [5.74, 6) is -0.954. The van der Waals surface area contributed by atoms with Gasteiger partial charge < -0.3 is 14.7 Å². The Labute approximate surface area is 106 Å². The van der Waals surface area contributed by atoms with Gasteiger partial charge in [0, 0.05) is 6.54 Å². The predicted molar refractivity (Wildman–Crippen MR) is 63.0 cm³/mol. The standard InChI is InChI=1S/C13H19NO4/c15-12(9-7-8-4-5-11(9)18-8)14-6-2-1-3-10(14)13(16)17/h8-11H,1-7H2,(H,16,17)/t8-,9+,10-,11-/m1/s1. The minimum absolute atomic E-state index is 0.00861. The average molecular weight is 253 g/mol. The average Bonchev–Trinajstić information content (AvgIpc) is 3.00. The Balaban J connectivity index is 1.72. The highest BCUT2D eigenvalue weighted by molar-refractivity contribution is 5.86. The molecule has 3 rings (SSSR count). The fraction of sp³-hybridized carbons (Fsp3) is 0.846. The van der Waals surface area contributed by atoms with Crippen molar-refractivity contribution >= 4 is 11.9 Å². The van der Waals surface area contributed by atoms with Crippen molar-refractivity contribution in [2.75, 3.05) is 6.54 Å². The summed E-state index contributed by atoms with van der Waals surface area (Å²) in [7, 11) is 0. The summed E-state index contributed by atoms with van der Waals surface area (Å²) in [5, 5.41) is 9.21. The van der Waals surface area contributed by atoms with Crippen LogP contribution in [-0.4, -0.2) is 46.7 Å². The summed E-state index contributed by atoms with van der Waals surface area (Å²) < 4.78 is 5.70. The molecule has 3 fully saturated rings. The van der Waals surface area contributed by atoms with Crippen LogP contribution in [0, 0.1) is 5.92 Å². The van der Waals surface area contributed by atoms with E-state index in [9.17, 15) is 14.7 Å². The zero-order valence-corrected chi connectivity index (χ0v) is 10.4. The highest BCUT2D eigenvalue weighted by Gasteiger charge is 2.47. The third-order valence-electron chi connectivity index (χ3n) is 4.49. The third kappa shape index (κ3) is 1.90. The Morgan fingerprint density at radius 1 is 1.17 bits per heavy atom. The topological polar surface area (TPSA) is 66.8 Å². The molecule has 3 saturated heterocycles. The van der Waals surface area contributed by atoms with Crippen LogP contribution in [0.4, 0.5) is 0 Å². The zero-order valence-electron chi connectivity index (χ0n) is 10.4. The van der Waals surface area contributed by atoms with Gasteiger partial charge in [0.1, 0.15) is 6.04 Å². The number of piperidine rings is 1. The van der Waals surface area contributed by atoms with E-state index >= 15 is 0 Å². The number of ether oxygens (including phenoxy) is 1. The lowest BCUT2D eigenvalue weighted by Gasteiger charge is -2.35. The maximum atomic E-state index is 12.5. The monoisotopic (exact) mass is 253 g/mol. The van der Waals surface area contributed by atoms with Gasteiger partial charge in [-0.15, -0.1) is 0 Å². The SMILES string of the molecule is O=C(O)[C@H]1CCCCN1C(=O)[C@H]1C[C@H]2CC[C@H]1O2. The maximum absolute atomic E-state index is 12.5. The van der Waals surface area contributed by atoms with E-state index in [1.165, 1.54) is 0 Å². The van der Waals surface area contributed by atoms with E-state index in [1.54, 1.807) is 4.90 Å². The fourth-order valence-electron chi connectivity index (χ4n) is 3.56. The molecule has 0 aliphatic carbocycles. The van der Waals surface area contributed by atoms with Crippen molar-refractivity contribution in [1.29, 1.82) is 0 Å². The molecule has 0 unspecified atom stereocenters. The first-order valence-corrected chi connectivity index (χ1v) is 6.85. The molecule has 3 heterocycles. The molecule has 3 aliphatic heterocycles. The summed E-state index contributed by atoms with van der Waals surface area (Å²) >= 11 is 0. The van der Waals surface area contributed by atoms with E-state index in [2.05, 4.69) is 0 Å².